The Morgan fingerprint density at radius 3 is 2.59 bits per heavy atom. The molecule has 4 nitrogen and oxygen atoms in total. The zero-order chi connectivity index (χ0) is 12.8. The highest BCUT2D eigenvalue weighted by molar-refractivity contribution is 5.79. The third-order valence-electron chi connectivity index (χ3n) is 3.12. The van der Waals surface area contributed by atoms with Gasteiger partial charge in [-0.25, -0.2) is 0 Å². The zero-order valence-corrected chi connectivity index (χ0v) is 10.9. The van der Waals surface area contributed by atoms with Gasteiger partial charge in [0, 0.05) is 19.1 Å². The first kappa shape index (κ1) is 14.0. The molecule has 4 heteroatoms. The first-order valence-electron chi connectivity index (χ1n) is 6.47. The van der Waals surface area contributed by atoms with Crippen molar-refractivity contribution in [1.82, 2.24) is 4.90 Å². The molecule has 1 fully saturated rings. The van der Waals surface area contributed by atoms with Crippen LogP contribution in [-0.4, -0.2) is 29.9 Å². The molecule has 0 saturated heterocycles. The third kappa shape index (κ3) is 4.35. The SMILES string of the molecule is CC(C)CC(CN)C(=O)N(CCC#N)C1CC1. The number of nitriles is 1. The molecular formula is C13H23N3O. The van der Waals surface area contributed by atoms with Gasteiger partial charge in [0.25, 0.3) is 0 Å². The van der Waals surface area contributed by atoms with Crippen molar-refractivity contribution in [2.75, 3.05) is 13.1 Å². The third-order valence-corrected chi connectivity index (χ3v) is 3.12. The second kappa shape index (κ2) is 6.61. The number of rotatable bonds is 7. The Morgan fingerprint density at radius 1 is 1.53 bits per heavy atom. The molecule has 1 atom stereocenters. The van der Waals surface area contributed by atoms with E-state index in [4.69, 9.17) is 11.0 Å². The van der Waals surface area contributed by atoms with E-state index in [0.29, 0.717) is 31.5 Å². The summed E-state index contributed by atoms with van der Waals surface area (Å²) < 4.78 is 0. The monoisotopic (exact) mass is 237 g/mol. The van der Waals surface area contributed by atoms with Gasteiger partial charge in [0.15, 0.2) is 0 Å². The van der Waals surface area contributed by atoms with Crippen LogP contribution in [0.4, 0.5) is 0 Å². The number of hydrogen-bond donors (Lipinski definition) is 1. The molecule has 1 aliphatic rings. The normalized spacial score (nSPS) is 16.6. The summed E-state index contributed by atoms with van der Waals surface area (Å²) in [5.74, 6) is 0.553. The minimum absolute atomic E-state index is 0.0747. The molecule has 2 N–H and O–H groups in total. The Hall–Kier alpha value is -1.08. The van der Waals surface area contributed by atoms with Crippen LogP contribution < -0.4 is 5.73 Å². The average Bonchev–Trinajstić information content (AvgIpc) is 3.10. The number of carbonyl (C=O) groups excluding carboxylic acids is 1. The smallest absolute Gasteiger partial charge is 0.227 e. The Morgan fingerprint density at radius 2 is 2.18 bits per heavy atom. The van der Waals surface area contributed by atoms with Crippen LogP contribution >= 0.6 is 0 Å². The lowest BCUT2D eigenvalue weighted by Gasteiger charge is -2.27. The van der Waals surface area contributed by atoms with E-state index in [9.17, 15) is 4.79 Å². The molecule has 1 amide bonds. The number of amides is 1. The van der Waals surface area contributed by atoms with Gasteiger partial charge in [0.2, 0.25) is 5.91 Å². The van der Waals surface area contributed by atoms with Crippen LogP contribution in [0.2, 0.25) is 0 Å². The van der Waals surface area contributed by atoms with Crippen molar-refractivity contribution in [3.8, 4) is 6.07 Å². The first-order chi connectivity index (χ1) is 8.10. The minimum atomic E-state index is -0.0747. The lowest BCUT2D eigenvalue weighted by Crippen LogP contribution is -2.41. The van der Waals surface area contributed by atoms with Crippen molar-refractivity contribution in [1.29, 1.82) is 5.26 Å². The number of hydrogen-bond acceptors (Lipinski definition) is 3. The van der Waals surface area contributed by atoms with Crippen LogP contribution in [0.1, 0.15) is 39.5 Å². The molecule has 0 aromatic heterocycles. The van der Waals surface area contributed by atoms with Gasteiger partial charge in [0.1, 0.15) is 0 Å². The quantitative estimate of drug-likeness (QED) is 0.729. The molecule has 0 bridgehead atoms. The summed E-state index contributed by atoms with van der Waals surface area (Å²) in [6, 6.07) is 2.48. The second-order valence-corrected chi connectivity index (χ2v) is 5.23. The maximum absolute atomic E-state index is 12.3. The maximum Gasteiger partial charge on any atom is 0.227 e. The Labute approximate surface area is 104 Å². The van der Waals surface area contributed by atoms with Gasteiger partial charge < -0.3 is 10.6 Å². The summed E-state index contributed by atoms with van der Waals surface area (Å²) in [5.41, 5.74) is 5.70. The fraction of sp³-hybridized carbons (Fsp3) is 0.846. The molecule has 17 heavy (non-hydrogen) atoms. The fourth-order valence-electron chi connectivity index (χ4n) is 2.13. The van der Waals surface area contributed by atoms with E-state index in [-0.39, 0.29) is 11.8 Å². The van der Waals surface area contributed by atoms with Gasteiger partial charge in [0.05, 0.1) is 18.4 Å². The van der Waals surface area contributed by atoms with Crippen molar-refractivity contribution in [3.63, 3.8) is 0 Å². The van der Waals surface area contributed by atoms with Crippen LogP contribution in [0.25, 0.3) is 0 Å². The van der Waals surface area contributed by atoms with Gasteiger partial charge in [-0.2, -0.15) is 5.26 Å². The summed E-state index contributed by atoms with van der Waals surface area (Å²) in [7, 11) is 0. The summed E-state index contributed by atoms with van der Waals surface area (Å²) >= 11 is 0. The van der Waals surface area contributed by atoms with E-state index in [1.165, 1.54) is 0 Å². The first-order valence-corrected chi connectivity index (χ1v) is 6.47. The van der Waals surface area contributed by atoms with E-state index >= 15 is 0 Å². The van der Waals surface area contributed by atoms with Gasteiger partial charge in [-0.05, 0) is 25.2 Å². The van der Waals surface area contributed by atoms with E-state index < -0.39 is 0 Å². The summed E-state index contributed by atoms with van der Waals surface area (Å²) in [5, 5.41) is 8.63. The Balaban J connectivity index is 2.58. The zero-order valence-electron chi connectivity index (χ0n) is 10.9. The van der Waals surface area contributed by atoms with Crippen LogP contribution in [0.5, 0.6) is 0 Å². The Kier molecular flexibility index (Phi) is 5.43. The lowest BCUT2D eigenvalue weighted by atomic mass is 9.95. The van der Waals surface area contributed by atoms with Crippen LogP contribution in [0.15, 0.2) is 0 Å². The predicted molar refractivity (Wildman–Crippen MR) is 67.0 cm³/mol. The van der Waals surface area contributed by atoms with Crippen molar-refractivity contribution < 1.29 is 4.79 Å². The standard InChI is InChI=1S/C13H23N3O/c1-10(2)8-11(9-15)13(17)16(7-3-6-14)12-4-5-12/h10-12H,3-5,7-9,15H2,1-2H3. The van der Waals surface area contributed by atoms with E-state index in [1.54, 1.807) is 0 Å². The molecular weight excluding hydrogens is 214 g/mol. The highest BCUT2D eigenvalue weighted by atomic mass is 16.2. The van der Waals surface area contributed by atoms with Crippen molar-refractivity contribution in [2.45, 2.75) is 45.6 Å². The van der Waals surface area contributed by atoms with Gasteiger partial charge >= 0.3 is 0 Å². The van der Waals surface area contributed by atoms with E-state index in [1.807, 2.05) is 4.90 Å². The molecule has 1 aliphatic carbocycles. The van der Waals surface area contributed by atoms with Gasteiger partial charge in [-0.15, -0.1) is 0 Å². The second-order valence-electron chi connectivity index (χ2n) is 5.23. The molecule has 0 aromatic rings. The summed E-state index contributed by atoms with van der Waals surface area (Å²) in [6.07, 6.45) is 3.42. The summed E-state index contributed by atoms with van der Waals surface area (Å²) in [4.78, 5) is 14.2. The molecule has 0 spiro atoms. The number of nitrogens with two attached hydrogens (primary N) is 1. The highest BCUT2D eigenvalue weighted by Crippen LogP contribution is 2.29. The molecule has 1 rings (SSSR count). The van der Waals surface area contributed by atoms with Crippen LogP contribution in [0, 0.1) is 23.2 Å². The number of nitrogens with zero attached hydrogens (tertiary/aromatic N) is 2. The molecule has 1 unspecified atom stereocenters. The van der Waals surface area contributed by atoms with Gasteiger partial charge in [-0.3, -0.25) is 4.79 Å². The van der Waals surface area contributed by atoms with E-state index in [2.05, 4.69) is 19.9 Å². The van der Waals surface area contributed by atoms with Gasteiger partial charge in [-0.1, -0.05) is 13.8 Å². The molecule has 0 radical (unpaired) electrons. The van der Waals surface area contributed by atoms with Crippen molar-refractivity contribution in [3.05, 3.63) is 0 Å². The van der Waals surface area contributed by atoms with E-state index in [0.717, 1.165) is 19.3 Å². The lowest BCUT2D eigenvalue weighted by molar-refractivity contribution is -0.136. The van der Waals surface area contributed by atoms with Crippen LogP contribution in [-0.2, 0) is 4.79 Å². The van der Waals surface area contributed by atoms with Crippen molar-refractivity contribution in [2.24, 2.45) is 17.6 Å². The topological polar surface area (TPSA) is 70.1 Å². The fourth-order valence-corrected chi connectivity index (χ4v) is 2.13. The molecule has 96 valence electrons. The molecule has 1 saturated carbocycles. The largest absolute Gasteiger partial charge is 0.338 e. The number of carbonyl (C=O) groups is 1. The average molecular weight is 237 g/mol. The van der Waals surface area contributed by atoms with Crippen molar-refractivity contribution >= 4 is 5.91 Å². The molecule has 0 heterocycles. The Bertz CT molecular complexity index is 292. The highest BCUT2D eigenvalue weighted by Gasteiger charge is 2.35. The minimum Gasteiger partial charge on any atom is -0.338 e. The molecule has 0 aromatic carbocycles. The van der Waals surface area contributed by atoms with Crippen LogP contribution in [0.3, 0.4) is 0 Å². The summed E-state index contributed by atoms with van der Waals surface area (Å²) in [6.45, 7) is 5.18. The maximum atomic E-state index is 12.3. The molecule has 0 aliphatic heterocycles. The predicted octanol–water partition coefficient (Wildman–Crippen LogP) is 1.51.